The molecule has 1 atom stereocenters. The van der Waals surface area contributed by atoms with E-state index in [1.54, 1.807) is 0 Å². The number of carboxylic acid groups (broad SMARTS) is 1. The van der Waals surface area contributed by atoms with Gasteiger partial charge in [-0.25, -0.2) is 0 Å². The molecule has 1 aromatic heterocycles. The van der Waals surface area contributed by atoms with Crippen molar-refractivity contribution in [1.82, 2.24) is 0 Å². The number of hydrogen-bond acceptors (Lipinski definition) is 4. The van der Waals surface area contributed by atoms with E-state index in [0.717, 1.165) is 11.5 Å². The minimum atomic E-state index is -0.979. The lowest BCUT2D eigenvalue weighted by Gasteiger charge is -2.27. The molecule has 0 unspecified atom stereocenters. The van der Waals surface area contributed by atoms with E-state index >= 15 is 0 Å². The van der Waals surface area contributed by atoms with Crippen molar-refractivity contribution in [3.05, 3.63) is 23.7 Å². The highest BCUT2D eigenvalue weighted by atomic mass is 32.2. The fraction of sp³-hybridized carbons (Fsp3) is 0.545. The standard InChI is InChI=1S/C11H17NO3S/c1-7-4-5-8(15-7)6-16-11(2,3)9(12)10(13)14/h4-5,9H,6,12H2,1-3H3,(H,13,14)/t9-/m1/s1. The minimum Gasteiger partial charge on any atom is -0.480 e. The molecule has 90 valence electrons. The third kappa shape index (κ3) is 3.28. The number of rotatable bonds is 5. The van der Waals surface area contributed by atoms with Gasteiger partial charge < -0.3 is 15.3 Å². The Kier molecular flexibility index (Phi) is 4.04. The molecule has 5 heteroatoms. The number of aliphatic carboxylic acids is 1. The van der Waals surface area contributed by atoms with Gasteiger partial charge in [-0.3, -0.25) is 4.79 Å². The van der Waals surface area contributed by atoms with Crippen LogP contribution in [-0.4, -0.2) is 21.9 Å². The summed E-state index contributed by atoms with van der Waals surface area (Å²) in [6.45, 7) is 5.53. The zero-order valence-electron chi connectivity index (χ0n) is 9.69. The Bertz CT molecular complexity index is 373. The highest BCUT2D eigenvalue weighted by Crippen LogP contribution is 2.31. The first-order chi connectivity index (χ1) is 7.33. The van der Waals surface area contributed by atoms with E-state index in [0.29, 0.717) is 5.75 Å². The molecule has 0 aliphatic rings. The molecule has 1 rings (SSSR count). The molecule has 1 aromatic rings. The predicted molar refractivity (Wildman–Crippen MR) is 64.4 cm³/mol. The summed E-state index contributed by atoms with van der Waals surface area (Å²) in [5.74, 6) is 1.35. The van der Waals surface area contributed by atoms with E-state index in [4.69, 9.17) is 15.3 Å². The Hall–Kier alpha value is -0.940. The van der Waals surface area contributed by atoms with E-state index in [1.165, 1.54) is 11.8 Å². The first-order valence-electron chi connectivity index (χ1n) is 5.00. The largest absolute Gasteiger partial charge is 0.480 e. The number of aryl methyl sites for hydroxylation is 1. The molecule has 3 N–H and O–H groups in total. The van der Waals surface area contributed by atoms with Crippen LogP contribution in [0.5, 0.6) is 0 Å². The van der Waals surface area contributed by atoms with Crippen LogP contribution in [0.25, 0.3) is 0 Å². The average Bonchev–Trinajstić information content (AvgIpc) is 2.60. The van der Waals surface area contributed by atoms with Crippen molar-refractivity contribution >= 4 is 17.7 Å². The van der Waals surface area contributed by atoms with Gasteiger partial charge >= 0.3 is 5.97 Å². The maximum atomic E-state index is 10.8. The van der Waals surface area contributed by atoms with Crippen molar-refractivity contribution in [2.24, 2.45) is 5.73 Å². The van der Waals surface area contributed by atoms with Gasteiger partial charge in [0.05, 0.1) is 5.75 Å². The van der Waals surface area contributed by atoms with Crippen molar-refractivity contribution in [3.63, 3.8) is 0 Å². The molecule has 4 nitrogen and oxygen atoms in total. The van der Waals surface area contributed by atoms with Crippen molar-refractivity contribution in [1.29, 1.82) is 0 Å². The molecule has 0 spiro atoms. The highest BCUT2D eigenvalue weighted by molar-refractivity contribution is 7.99. The van der Waals surface area contributed by atoms with Crippen LogP contribution in [0, 0.1) is 6.92 Å². The second-order valence-electron chi connectivity index (χ2n) is 4.22. The zero-order chi connectivity index (χ0) is 12.3. The number of carbonyl (C=O) groups is 1. The maximum Gasteiger partial charge on any atom is 0.321 e. The first-order valence-corrected chi connectivity index (χ1v) is 5.99. The second kappa shape index (κ2) is 4.93. The van der Waals surface area contributed by atoms with Crippen LogP contribution in [0.3, 0.4) is 0 Å². The molecular formula is C11H17NO3S. The van der Waals surface area contributed by atoms with Gasteiger partial charge in [-0.15, -0.1) is 11.8 Å². The molecule has 0 bridgehead atoms. The molecule has 16 heavy (non-hydrogen) atoms. The minimum absolute atomic E-state index is 0.521. The second-order valence-corrected chi connectivity index (χ2v) is 5.85. The van der Waals surface area contributed by atoms with Gasteiger partial charge in [0.1, 0.15) is 17.6 Å². The van der Waals surface area contributed by atoms with Crippen LogP contribution in [0.1, 0.15) is 25.4 Å². The maximum absolute atomic E-state index is 10.8. The van der Waals surface area contributed by atoms with Crippen LogP contribution in [-0.2, 0) is 10.5 Å². The Balaban J connectivity index is 2.57. The topological polar surface area (TPSA) is 76.5 Å². The molecule has 0 amide bonds. The molecule has 0 radical (unpaired) electrons. The summed E-state index contributed by atoms with van der Waals surface area (Å²) in [6.07, 6.45) is 0. The van der Waals surface area contributed by atoms with Crippen molar-refractivity contribution in [3.8, 4) is 0 Å². The molecule has 0 saturated heterocycles. The molecule has 0 aliphatic carbocycles. The number of furan rings is 1. The summed E-state index contributed by atoms with van der Waals surface area (Å²) < 4.78 is 4.89. The molecular weight excluding hydrogens is 226 g/mol. The molecule has 0 aliphatic heterocycles. The Morgan fingerprint density at radius 1 is 1.62 bits per heavy atom. The zero-order valence-corrected chi connectivity index (χ0v) is 10.5. The number of nitrogens with two attached hydrogens (primary N) is 1. The van der Waals surface area contributed by atoms with E-state index in [2.05, 4.69) is 0 Å². The molecule has 1 heterocycles. The summed E-state index contributed by atoms with van der Waals surface area (Å²) in [4.78, 5) is 10.8. The summed E-state index contributed by atoms with van der Waals surface area (Å²) in [7, 11) is 0. The number of hydrogen-bond donors (Lipinski definition) is 2. The van der Waals surface area contributed by atoms with E-state index < -0.39 is 16.8 Å². The van der Waals surface area contributed by atoms with Gasteiger partial charge in [-0.1, -0.05) is 0 Å². The van der Waals surface area contributed by atoms with Crippen LogP contribution in [0.4, 0.5) is 0 Å². The third-order valence-electron chi connectivity index (χ3n) is 2.40. The van der Waals surface area contributed by atoms with E-state index in [-0.39, 0.29) is 0 Å². The monoisotopic (exact) mass is 243 g/mol. The third-order valence-corrected chi connectivity index (χ3v) is 3.82. The van der Waals surface area contributed by atoms with Crippen LogP contribution >= 0.6 is 11.8 Å². The fourth-order valence-electron chi connectivity index (χ4n) is 1.21. The van der Waals surface area contributed by atoms with Crippen LogP contribution in [0.2, 0.25) is 0 Å². The average molecular weight is 243 g/mol. The van der Waals surface area contributed by atoms with Gasteiger partial charge in [0.2, 0.25) is 0 Å². The van der Waals surface area contributed by atoms with Gasteiger partial charge in [0, 0.05) is 4.75 Å². The van der Waals surface area contributed by atoms with Crippen molar-refractivity contribution in [2.45, 2.75) is 37.3 Å². The number of thioether (sulfide) groups is 1. The van der Waals surface area contributed by atoms with Crippen LogP contribution in [0.15, 0.2) is 16.5 Å². The fourth-order valence-corrected chi connectivity index (χ4v) is 2.16. The van der Waals surface area contributed by atoms with Gasteiger partial charge in [-0.2, -0.15) is 0 Å². The SMILES string of the molecule is Cc1ccc(CSC(C)(C)[C@H](N)C(=O)O)o1. The normalized spacial score (nSPS) is 13.8. The van der Waals surface area contributed by atoms with Crippen LogP contribution < -0.4 is 5.73 Å². The summed E-state index contributed by atoms with van der Waals surface area (Å²) in [6, 6.07) is 2.90. The number of carboxylic acids is 1. The lowest BCUT2D eigenvalue weighted by molar-refractivity contribution is -0.139. The lowest BCUT2D eigenvalue weighted by atomic mass is 10.1. The van der Waals surface area contributed by atoms with Gasteiger partial charge in [0.15, 0.2) is 0 Å². The Labute approximate surface area is 99.2 Å². The van der Waals surface area contributed by atoms with E-state index in [1.807, 2.05) is 32.9 Å². The van der Waals surface area contributed by atoms with E-state index in [9.17, 15) is 4.79 Å². The quantitative estimate of drug-likeness (QED) is 0.827. The first kappa shape index (κ1) is 13.1. The lowest BCUT2D eigenvalue weighted by Crippen LogP contribution is -2.46. The smallest absolute Gasteiger partial charge is 0.321 e. The van der Waals surface area contributed by atoms with Gasteiger partial charge in [0.25, 0.3) is 0 Å². The highest BCUT2D eigenvalue weighted by Gasteiger charge is 2.32. The molecule has 0 saturated carbocycles. The molecule has 0 fully saturated rings. The predicted octanol–water partition coefficient (Wildman–Crippen LogP) is 2.01. The Morgan fingerprint density at radius 3 is 2.69 bits per heavy atom. The summed E-state index contributed by atoms with van der Waals surface area (Å²) in [5, 5.41) is 8.86. The van der Waals surface area contributed by atoms with Crippen molar-refractivity contribution in [2.75, 3.05) is 0 Å². The Morgan fingerprint density at radius 2 is 2.25 bits per heavy atom. The van der Waals surface area contributed by atoms with Gasteiger partial charge in [-0.05, 0) is 32.9 Å². The molecule has 0 aromatic carbocycles. The summed E-state index contributed by atoms with van der Waals surface area (Å²) in [5.41, 5.74) is 5.61. The summed E-state index contributed by atoms with van der Waals surface area (Å²) >= 11 is 1.48. The van der Waals surface area contributed by atoms with Crippen molar-refractivity contribution < 1.29 is 14.3 Å².